The van der Waals surface area contributed by atoms with Crippen LogP contribution < -0.4 is 5.32 Å². The number of amides is 1. The van der Waals surface area contributed by atoms with Crippen LogP contribution in [-0.2, 0) is 41.4 Å². The lowest BCUT2D eigenvalue weighted by Gasteiger charge is -2.39. The van der Waals surface area contributed by atoms with E-state index in [-0.39, 0.29) is 13.0 Å². The highest BCUT2D eigenvalue weighted by Crippen LogP contribution is 2.37. The Kier molecular flexibility index (Phi) is 4.83. The van der Waals surface area contributed by atoms with Gasteiger partial charge in [-0.2, -0.15) is 0 Å². The quantitative estimate of drug-likeness (QED) is 0.605. The van der Waals surface area contributed by atoms with E-state index in [1.807, 2.05) is 24.3 Å². The Morgan fingerprint density at radius 2 is 2.00 bits per heavy atom. The topological polar surface area (TPSA) is 111 Å². The van der Waals surface area contributed by atoms with Crippen LogP contribution in [0.2, 0.25) is 0 Å². The number of rotatable bonds is 4. The lowest BCUT2D eigenvalue weighted by molar-refractivity contribution is -0.242. The number of carbonyl (C=O) groups is 3. The summed E-state index contributed by atoms with van der Waals surface area (Å²) in [6.45, 7) is 1.36. The summed E-state index contributed by atoms with van der Waals surface area (Å²) in [5.74, 6) is -4.75. The molecule has 1 amide bonds. The second-order valence-corrected chi connectivity index (χ2v) is 6.02. The molecule has 1 aromatic carbocycles. The standard InChI is InChI=1S/C18H19NO7/c1-2-24-13(20)10-19-15(21)14-16(22)25-18(26-17(14)23)8-7-11-5-3-4-6-12(11)9-18/h3-6,22H,2,7-10H2,1H3,(H,19,21). The van der Waals surface area contributed by atoms with E-state index in [1.54, 1.807) is 6.92 Å². The maximum Gasteiger partial charge on any atom is 0.354 e. The minimum atomic E-state index is -1.33. The molecule has 8 nitrogen and oxygen atoms in total. The lowest BCUT2D eigenvalue weighted by atomic mass is 9.87. The molecular formula is C18H19NO7. The molecule has 0 radical (unpaired) electrons. The number of carbonyl (C=O) groups excluding carboxylic acids is 3. The molecule has 26 heavy (non-hydrogen) atoms. The first-order valence-corrected chi connectivity index (χ1v) is 8.30. The molecular weight excluding hydrogens is 342 g/mol. The van der Waals surface area contributed by atoms with Gasteiger partial charge in [-0.05, 0) is 24.5 Å². The number of aliphatic hydroxyl groups excluding tert-OH is 1. The molecule has 3 rings (SSSR count). The van der Waals surface area contributed by atoms with Gasteiger partial charge >= 0.3 is 17.9 Å². The highest BCUT2D eigenvalue weighted by atomic mass is 16.8. The van der Waals surface area contributed by atoms with E-state index in [9.17, 15) is 19.5 Å². The van der Waals surface area contributed by atoms with Crippen molar-refractivity contribution in [2.45, 2.75) is 32.0 Å². The Balaban J connectivity index is 1.73. The predicted octanol–water partition coefficient (Wildman–Crippen LogP) is 0.894. The zero-order valence-corrected chi connectivity index (χ0v) is 14.2. The van der Waals surface area contributed by atoms with Gasteiger partial charge in [-0.1, -0.05) is 24.3 Å². The molecule has 1 spiro atoms. The summed E-state index contributed by atoms with van der Waals surface area (Å²) in [7, 11) is 0. The molecule has 1 heterocycles. The number of fused-ring (bicyclic) bond motifs is 1. The van der Waals surface area contributed by atoms with Crippen LogP contribution in [0.3, 0.4) is 0 Å². The summed E-state index contributed by atoms with van der Waals surface area (Å²) in [6.07, 6.45) is 1.25. The van der Waals surface area contributed by atoms with Crippen molar-refractivity contribution in [3.63, 3.8) is 0 Å². The Morgan fingerprint density at radius 3 is 2.69 bits per heavy atom. The van der Waals surface area contributed by atoms with Gasteiger partial charge in [0.25, 0.3) is 11.7 Å². The molecule has 1 aromatic rings. The largest absolute Gasteiger partial charge is 0.480 e. The molecule has 1 aliphatic carbocycles. The first kappa shape index (κ1) is 17.8. The second kappa shape index (κ2) is 7.07. The molecule has 0 saturated carbocycles. The third-order valence-corrected chi connectivity index (χ3v) is 4.26. The normalized spacial score (nSPS) is 21.5. The highest BCUT2D eigenvalue weighted by molar-refractivity contribution is 6.17. The maximum atomic E-state index is 12.3. The number of benzene rings is 1. The van der Waals surface area contributed by atoms with Gasteiger partial charge in [0, 0.05) is 6.42 Å². The van der Waals surface area contributed by atoms with E-state index in [0.717, 1.165) is 11.1 Å². The van der Waals surface area contributed by atoms with Gasteiger partial charge in [0.15, 0.2) is 0 Å². The molecule has 0 bridgehead atoms. The lowest BCUT2D eigenvalue weighted by Crippen LogP contribution is -2.49. The smallest absolute Gasteiger partial charge is 0.354 e. The monoisotopic (exact) mass is 361 g/mol. The summed E-state index contributed by atoms with van der Waals surface area (Å²) >= 11 is 0. The number of nitrogens with one attached hydrogen (secondary N) is 1. The molecule has 2 N–H and O–H groups in total. The molecule has 0 fully saturated rings. The van der Waals surface area contributed by atoms with Crippen molar-refractivity contribution in [1.29, 1.82) is 0 Å². The van der Waals surface area contributed by atoms with Crippen molar-refractivity contribution >= 4 is 17.8 Å². The zero-order valence-electron chi connectivity index (χ0n) is 14.2. The molecule has 1 aliphatic heterocycles. The average molecular weight is 361 g/mol. The third kappa shape index (κ3) is 3.49. The number of hydrogen-bond donors (Lipinski definition) is 2. The minimum absolute atomic E-state index is 0.164. The fraction of sp³-hybridized carbons (Fsp3) is 0.389. The zero-order chi connectivity index (χ0) is 18.7. The number of aryl methyl sites for hydroxylation is 1. The molecule has 0 saturated heterocycles. The number of esters is 2. The van der Waals surface area contributed by atoms with Crippen molar-refractivity contribution in [2.24, 2.45) is 0 Å². The van der Waals surface area contributed by atoms with Gasteiger partial charge in [-0.3, -0.25) is 9.59 Å². The van der Waals surface area contributed by atoms with Gasteiger partial charge in [0.1, 0.15) is 6.54 Å². The summed E-state index contributed by atoms with van der Waals surface area (Å²) < 4.78 is 15.5. The van der Waals surface area contributed by atoms with E-state index in [2.05, 4.69) is 10.1 Å². The van der Waals surface area contributed by atoms with Gasteiger partial charge in [-0.15, -0.1) is 0 Å². The Morgan fingerprint density at radius 1 is 1.27 bits per heavy atom. The van der Waals surface area contributed by atoms with E-state index >= 15 is 0 Å². The SMILES string of the molecule is CCOC(=O)CNC(=O)C1=C(O)OC2(CCc3ccccc3C2)OC1=O. The van der Waals surface area contributed by atoms with Gasteiger partial charge in [-0.25, -0.2) is 4.79 Å². The first-order chi connectivity index (χ1) is 12.4. The minimum Gasteiger partial charge on any atom is -0.480 e. The second-order valence-electron chi connectivity index (χ2n) is 6.02. The molecule has 1 unspecified atom stereocenters. The van der Waals surface area contributed by atoms with Crippen LogP contribution in [0.5, 0.6) is 0 Å². The summed E-state index contributed by atoms with van der Waals surface area (Å²) in [6, 6.07) is 7.67. The van der Waals surface area contributed by atoms with E-state index in [1.165, 1.54) is 0 Å². The van der Waals surface area contributed by atoms with Crippen LogP contribution in [0.25, 0.3) is 0 Å². The van der Waals surface area contributed by atoms with Crippen LogP contribution in [0, 0.1) is 0 Å². The van der Waals surface area contributed by atoms with Crippen molar-refractivity contribution < 1.29 is 33.7 Å². The van der Waals surface area contributed by atoms with Gasteiger partial charge in [0.2, 0.25) is 5.57 Å². The fourth-order valence-corrected chi connectivity index (χ4v) is 3.05. The first-order valence-electron chi connectivity index (χ1n) is 8.30. The fourth-order valence-electron chi connectivity index (χ4n) is 3.05. The molecule has 1 atom stereocenters. The van der Waals surface area contributed by atoms with Crippen molar-refractivity contribution in [3.8, 4) is 0 Å². The molecule has 138 valence electrons. The number of aliphatic hydroxyl groups is 1. The van der Waals surface area contributed by atoms with Gasteiger partial charge < -0.3 is 24.6 Å². The third-order valence-electron chi connectivity index (χ3n) is 4.26. The Bertz CT molecular complexity index is 785. The predicted molar refractivity (Wildman–Crippen MR) is 87.7 cm³/mol. The molecule has 2 aliphatic rings. The maximum absolute atomic E-state index is 12.3. The summed E-state index contributed by atoms with van der Waals surface area (Å²) in [5.41, 5.74) is 1.41. The summed E-state index contributed by atoms with van der Waals surface area (Å²) in [4.78, 5) is 35.7. The number of ether oxygens (including phenoxy) is 3. The van der Waals surface area contributed by atoms with Crippen LogP contribution in [-0.4, -0.2) is 41.9 Å². The van der Waals surface area contributed by atoms with Gasteiger partial charge in [0.05, 0.1) is 13.0 Å². The van der Waals surface area contributed by atoms with Crippen molar-refractivity contribution in [3.05, 3.63) is 46.9 Å². The van der Waals surface area contributed by atoms with Crippen LogP contribution >= 0.6 is 0 Å². The van der Waals surface area contributed by atoms with E-state index in [0.29, 0.717) is 12.8 Å². The Hall–Kier alpha value is -3.03. The van der Waals surface area contributed by atoms with E-state index in [4.69, 9.17) is 9.47 Å². The highest BCUT2D eigenvalue weighted by Gasteiger charge is 2.47. The van der Waals surface area contributed by atoms with Crippen molar-refractivity contribution in [2.75, 3.05) is 13.2 Å². The average Bonchev–Trinajstić information content (AvgIpc) is 2.59. The molecule has 0 aromatic heterocycles. The molecule has 8 heteroatoms. The van der Waals surface area contributed by atoms with Crippen LogP contribution in [0.15, 0.2) is 35.8 Å². The van der Waals surface area contributed by atoms with Crippen molar-refractivity contribution in [1.82, 2.24) is 5.32 Å². The Labute approximate surface area is 149 Å². The summed E-state index contributed by atoms with van der Waals surface area (Å²) in [5, 5.41) is 12.3. The number of hydrogen-bond acceptors (Lipinski definition) is 7. The van der Waals surface area contributed by atoms with Crippen LogP contribution in [0.1, 0.15) is 24.5 Å². The van der Waals surface area contributed by atoms with Crippen LogP contribution in [0.4, 0.5) is 0 Å². The van der Waals surface area contributed by atoms with E-state index < -0.39 is 41.7 Å².